The molecule has 0 spiro atoms. The molecule has 8 heteroatoms. The van der Waals surface area contributed by atoms with Crippen molar-refractivity contribution in [3.63, 3.8) is 0 Å². The van der Waals surface area contributed by atoms with Crippen LogP contribution in [0.5, 0.6) is 0 Å². The van der Waals surface area contributed by atoms with Crippen molar-refractivity contribution < 1.29 is 13.2 Å². The lowest BCUT2D eigenvalue weighted by molar-refractivity contribution is 0.0642. The largest absolute Gasteiger partial charge is 0.336 e. The number of hydrogen-bond acceptors (Lipinski definition) is 5. The normalized spacial score (nSPS) is 16.8. The highest BCUT2D eigenvalue weighted by molar-refractivity contribution is 7.90. The van der Waals surface area contributed by atoms with E-state index in [4.69, 9.17) is 0 Å². The van der Waals surface area contributed by atoms with Gasteiger partial charge >= 0.3 is 0 Å². The molecule has 0 aromatic carbocycles. The second-order valence-electron chi connectivity index (χ2n) is 6.13. The minimum atomic E-state index is -2.94. The molecule has 1 amide bonds. The van der Waals surface area contributed by atoms with Gasteiger partial charge in [0.05, 0.1) is 17.0 Å². The molecule has 0 atom stereocenters. The maximum atomic E-state index is 12.8. The molecule has 0 saturated carbocycles. The summed E-state index contributed by atoms with van der Waals surface area (Å²) in [4.78, 5) is 16.7. The van der Waals surface area contributed by atoms with Gasteiger partial charge in [-0.05, 0) is 20.8 Å². The number of aromatic nitrogens is 2. The Labute approximate surface area is 138 Å². The number of hydrogen-bond donors (Lipinski definition) is 0. The van der Waals surface area contributed by atoms with E-state index in [0.717, 1.165) is 17.9 Å². The van der Waals surface area contributed by atoms with Crippen molar-refractivity contribution in [2.24, 2.45) is 0 Å². The van der Waals surface area contributed by atoms with Gasteiger partial charge < -0.3 is 4.90 Å². The predicted octanol–water partition coefficient (Wildman–Crippen LogP) is 0.322. The van der Waals surface area contributed by atoms with E-state index in [1.54, 1.807) is 0 Å². The Morgan fingerprint density at radius 3 is 2.26 bits per heavy atom. The van der Waals surface area contributed by atoms with E-state index in [-0.39, 0.29) is 11.7 Å². The highest BCUT2D eigenvalue weighted by Crippen LogP contribution is 2.17. The second kappa shape index (κ2) is 7.00. The second-order valence-corrected chi connectivity index (χ2v) is 8.39. The fraction of sp³-hybridized carbons (Fsp3) is 0.733. The number of carbonyl (C=O) groups is 1. The molecular weight excluding hydrogens is 316 g/mol. The Morgan fingerprint density at radius 2 is 1.78 bits per heavy atom. The van der Waals surface area contributed by atoms with E-state index in [1.807, 2.05) is 30.4 Å². The van der Waals surface area contributed by atoms with Gasteiger partial charge in [-0.15, -0.1) is 0 Å². The zero-order chi connectivity index (χ0) is 17.2. The molecule has 130 valence electrons. The molecule has 2 heterocycles. The van der Waals surface area contributed by atoms with Crippen LogP contribution < -0.4 is 0 Å². The molecule has 23 heavy (non-hydrogen) atoms. The molecule has 1 aromatic heterocycles. The fourth-order valence-corrected chi connectivity index (χ4v) is 3.53. The quantitative estimate of drug-likeness (QED) is 0.770. The van der Waals surface area contributed by atoms with Crippen molar-refractivity contribution in [3.8, 4) is 0 Å². The topological polar surface area (TPSA) is 75.5 Å². The SMILES string of the molecule is CCn1nc(C)c(C(=O)N2CCN(CCS(C)(=O)=O)CC2)c1C. The Kier molecular flexibility index (Phi) is 5.46. The van der Waals surface area contributed by atoms with Crippen LogP contribution in [0.4, 0.5) is 0 Å². The Bertz CT molecular complexity index is 673. The lowest BCUT2D eigenvalue weighted by Gasteiger charge is -2.34. The number of piperazine rings is 1. The Morgan fingerprint density at radius 1 is 1.17 bits per heavy atom. The van der Waals surface area contributed by atoms with E-state index >= 15 is 0 Å². The molecule has 0 unspecified atom stereocenters. The van der Waals surface area contributed by atoms with Gasteiger partial charge in [-0.3, -0.25) is 14.4 Å². The third-order valence-electron chi connectivity index (χ3n) is 4.33. The van der Waals surface area contributed by atoms with Crippen LogP contribution in [0.25, 0.3) is 0 Å². The molecule has 0 aliphatic carbocycles. The van der Waals surface area contributed by atoms with E-state index in [9.17, 15) is 13.2 Å². The summed E-state index contributed by atoms with van der Waals surface area (Å²) in [5, 5.41) is 4.41. The van der Waals surface area contributed by atoms with E-state index in [1.165, 1.54) is 6.26 Å². The van der Waals surface area contributed by atoms with Crippen LogP contribution in [0.15, 0.2) is 0 Å². The van der Waals surface area contributed by atoms with Gasteiger partial charge in [0.25, 0.3) is 5.91 Å². The number of carbonyl (C=O) groups excluding carboxylic acids is 1. The molecule has 0 bridgehead atoms. The van der Waals surface area contributed by atoms with Crippen molar-refractivity contribution in [3.05, 3.63) is 17.0 Å². The summed E-state index contributed by atoms with van der Waals surface area (Å²) in [5.74, 6) is 0.199. The minimum absolute atomic E-state index is 0.0301. The molecule has 0 N–H and O–H groups in total. The summed E-state index contributed by atoms with van der Waals surface area (Å²) in [5.41, 5.74) is 2.39. The molecule has 1 aliphatic heterocycles. The lowest BCUT2D eigenvalue weighted by Crippen LogP contribution is -2.49. The molecule has 1 aliphatic rings. The first-order chi connectivity index (χ1) is 10.7. The van der Waals surface area contributed by atoms with Gasteiger partial charge in [-0.1, -0.05) is 0 Å². The van der Waals surface area contributed by atoms with Crippen molar-refractivity contribution in [1.82, 2.24) is 19.6 Å². The predicted molar refractivity (Wildman–Crippen MR) is 89.4 cm³/mol. The highest BCUT2D eigenvalue weighted by atomic mass is 32.2. The minimum Gasteiger partial charge on any atom is -0.336 e. The molecule has 7 nitrogen and oxygen atoms in total. The van der Waals surface area contributed by atoms with Crippen LogP contribution in [0.1, 0.15) is 28.7 Å². The van der Waals surface area contributed by atoms with Crippen LogP contribution in [0.3, 0.4) is 0 Å². The van der Waals surface area contributed by atoms with Crippen LogP contribution in [0.2, 0.25) is 0 Å². The van der Waals surface area contributed by atoms with Gasteiger partial charge in [0.1, 0.15) is 9.84 Å². The summed E-state index contributed by atoms with van der Waals surface area (Å²) in [6.45, 7) is 9.76. The summed E-state index contributed by atoms with van der Waals surface area (Å²) in [6, 6.07) is 0. The third kappa shape index (κ3) is 4.32. The van der Waals surface area contributed by atoms with Gasteiger partial charge in [-0.25, -0.2) is 8.42 Å². The van der Waals surface area contributed by atoms with Gasteiger partial charge in [0, 0.05) is 51.2 Å². The number of rotatable bonds is 5. The van der Waals surface area contributed by atoms with Gasteiger partial charge in [0.2, 0.25) is 0 Å². The number of aryl methyl sites for hydroxylation is 2. The van der Waals surface area contributed by atoms with E-state index < -0.39 is 9.84 Å². The van der Waals surface area contributed by atoms with Crippen LogP contribution in [-0.4, -0.2) is 78.6 Å². The third-order valence-corrected chi connectivity index (χ3v) is 5.26. The standard InChI is InChI=1S/C15H26N4O3S/c1-5-19-13(3)14(12(2)16-19)15(20)18-8-6-17(7-9-18)10-11-23(4,21)22/h5-11H2,1-4H3. The average Bonchev–Trinajstić information content (AvgIpc) is 2.78. The number of sulfone groups is 1. The van der Waals surface area contributed by atoms with Crippen LogP contribution in [0, 0.1) is 13.8 Å². The van der Waals surface area contributed by atoms with Crippen molar-refractivity contribution in [1.29, 1.82) is 0 Å². The zero-order valence-electron chi connectivity index (χ0n) is 14.4. The monoisotopic (exact) mass is 342 g/mol. The molecule has 1 aromatic rings. The van der Waals surface area contributed by atoms with E-state index in [2.05, 4.69) is 10.00 Å². The van der Waals surface area contributed by atoms with Crippen molar-refractivity contribution in [2.75, 3.05) is 44.7 Å². The van der Waals surface area contributed by atoms with Crippen LogP contribution >= 0.6 is 0 Å². The molecule has 1 fully saturated rings. The molecule has 1 saturated heterocycles. The summed E-state index contributed by atoms with van der Waals surface area (Å²) in [6.07, 6.45) is 1.25. The lowest BCUT2D eigenvalue weighted by atomic mass is 10.1. The van der Waals surface area contributed by atoms with E-state index in [0.29, 0.717) is 38.3 Å². The average molecular weight is 342 g/mol. The first kappa shape index (κ1) is 17.9. The fourth-order valence-electron chi connectivity index (χ4n) is 2.94. The zero-order valence-corrected chi connectivity index (χ0v) is 15.2. The summed E-state index contributed by atoms with van der Waals surface area (Å²) in [7, 11) is -2.94. The maximum absolute atomic E-state index is 12.8. The number of amides is 1. The molecule has 2 rings (SSSR count). The van der Waals surface area contributed by atoms with Gasteiger partial charge in [-0.2, -0.15) is 5.10 Å². The number of nitrogens with zero attached hydrogens (tertiary/aromatic N) is 4. The summed E-state index contributed by atoms with van der Waals surface area (Å²) >= 11 is 0. The first-order valence-electron chi connectivity index (χ1n) is 7.96. The molecule has 0 radical (unpaired) electrons. The smallest absolute Gasteiger partial charge is 0.257 e. The first-order valence-corrected chi connectivity index (χ1v) is 10.0. The Hall–Kier alpha value is -1.41. The van der Waals surface area contributed by atoms with Crippen molar-refractivity contribution >= 4 is 15.7 Å². The van der Waals surface area contributed by atoms with Crippen LogP contribution in [-0.2, 0) is 16.4 Å². The Balaban J connectivity index is 1.98. The molecular formula is C15H26N4O3S. The van der Waals surface area contributed by atoms with Gasteiger partial charge in [0.15, 0.2) is 0 Å². The van der Waals surface area contributed by atoms with Crippen molar-refractivity contribution in [2.45, 2.75) is 27.3 Å². The highest BCUT2D eigenvalue weighted by Gasteiger charge is 2.26. The summed E-state index contributed by atoms with van der Waals surface area (Å²) < 4.78 is 24.3. The maximum Gasteiger partial charge on any atom is 0.257 e.